The van der Waals surface area contributed by atoms with Crippen LogP contribution in [-0.4, -0.2) is 55.5 Å². The lowest BCUT2D eigenvalue weighted by Gasteiger charge is -2.38. The fraction of sp³-hybridized carbons (Fsp3) is 0.556. The molecule has 8 heteroatoms. The Morgan fingerprint density at radius 2 is 1.77 bits per heavy atom. The van der Waals surface area contributed by atoms with E-state index >= 15 is 0 Å². The third-order valence-corrected chi connectivity index (χ3v) is 6.78. The van der Waals surface area contributed by atoms with E-state index in [1.807, 2.05) is 30.3 Å². The van der Waals surface area contributed by atoms with Crippen LogP contribution in [0, 0.1) is 0 Å². The molecular weight excluding hydrogens is 356 g/mol. The van der Waals surface area contributed by atoms with Crippen molar-refractivity contribution in [3.63, 3.8) is 0 Å². The van der Waals surface area contributed by atoms with E-state index in [1.54, 1.807) is 4.90 Å². The lowest BCUT2D eigenvalue weighted by molar-refractivity contribution is -0.134. The van der Waals surface area contributed by atoms with E-state index in [1.165, 1.54) is 6.26 Å². The summed E-state index contributed by atoms with van der Waals surface area (Å²) in [6.45, 7) is 0.00995. The molecule has 1 aromatic carbocycles. The molecule has 2 saturated heterocycles. The van der Waals surface area contributed by atoms with Gasteiger partial charge in [0.15, 0.2) is 0 Å². The van der Waals surface area contributed by atoms with Crippen molar-refractivity contribution >= 4 is 21.8 Å². The van der Waals surface area contributed by atoms with Crippen LogP contribution in [0.2, 0.25) is 0 Å². The predicted octanol–water partition coefficient (Wildman–Crippen LogP) is 1.48. The molecule has 2 fully saturated rings. The molecule has 2 heterocycles. The standard InChI is InChI=1S/C18H24N2O5S/c1-26(23,24)16-9-14-7-8-15(10-16)20(14)17(21)11-19-18(22)25-12-13-5-3-2-4-6-13/h2-6,14-16H,7-12H2,1H3,(H,19,22). The zero-order chi connectivity index (χ0) is 18.7. The number of nitrogens with one attached hydrogen (secondary N) is 1. The Balaban J connectivity index is 1.47. The Kier molecular flexibility index (Phi) is 5.50. The lowest BCUT2D eigenvalue weighted by atomic mass is 10.0. The zero-order valence-electron chi connectivity index (χ0n) is 14.8. The molecule has 7 nitrogen and oxygen atoms in total. The highest BCUT2D eigenvalue weighted by Gasteiger charge is 2.45. The number of carbonyl (C=O) groups excluding carboxylic acids is 2. The molecule has 0 aliphatic carbocycles. The Hall–Kier alpha value is -2.09. The Bertz CT molecular complexity index is 751. The second-order valence-corrected chi connectivity index (χ2v) is 9.35. The third kappa shape index (κ3) is 4.35. The highest BCUT2D eigenvalue weighted by molar-refractivity contribution is 7.91. The second-order valence-electron chi connectivity index (χ2n) is 7.02. The number of hydrogen-bond acceptors (Lipinski definition) is 5. The van der Waals surface area contributed by atoms with Crippen molar-refractivity contribution in [2.45, 2.75) is 49.6 Å². The van der Waals surface area contributed by atoms with Crippen molar-refractivity contribution < 1.29 is 22.7 Å². The summed E-state index contributed by atoms with van der Waals surface area (Å²) in [7, 11) is -3.09. The lowest BCUT2D eigenvalue weighted by Crippen LogP contribution is -2.52. The molecule has 2 amide bonds. The first-order chi connectivity index (χ1) is 12.3. The minimum atomic E-state index is -3.09. The van der Waals surface area contributed by atoms with Crippen LogP contribution in [0.15, 0.2) is 30.3 Å². The molecular formula is C18H24N2O5S. The summed E-state index contributed by atoms with van der Waals surface area (Å²) in [5.74, 6) is -0.180. The molecule has 1 N–H and O–H groups in total. The van der Waals surface area contributed by atoms with Crippen molar-refractivity contribution in [3.05, 3.63) is 35.9 Å². The maximum atomic E-state index is 12.5. The Labute approximate surface area is 153 Å². The van der Waals surface area contributed by atoms with Crippen LogP contribution in [0.1, 0.15) is 31.2 Å². The summed E-state index contributed by atoms with van der Waals surface area (Å²) >= 11 is 0. The summed E-state index contributed by atoms with van der Waals surface area (Å²) in [5.41, 5.74) is 0.870. The van der Waals surface area contributed by atoms with Crippen LogP contribution in [0.25, 0.3) is 0 Å². The van der Waals surface area contributed by atoms with Gasteiger partial charge in [-0.2, -0.15) is 0 Å². The second kappa shape index (κ2) is 7.65. The monoisotopic (exact) mass is 380 g/mol. The maximum Gasteiger partial charge on any atom is 0.407 e. The van der Waals surface area contributed by atoms with E-state index in [0.29, 0.717) is 12.8 Å². The number of alkyl carbamates (subject to hydrolysis) is 1. The van der Waals surface area contributed by atoms with Gasteiger partial charge in [-0.25, -0.2) is 13.2 Å². The quantitative estimate of drug-likeness (QED) is 0.835. The van der Waals surface area contributed by atoms with E-state index in [9.17, 15) is 18.0 Å². The van der Waals surface area contributed by atoms with Crippen LogP contribution in [0.3, 0.4) is 0 Å². The number of fused-ring (bicyclic) bond motifs is 2. The van der Waals surface area contributed by atoms with Gasteiger partial charge < -0.3 is 15.0 Å². The fourth-order valence-electron chi connectivity index (χ4n) is 3.90. The van der Waals surface area contributed by atoms with Crippen molar-refractivity contribution in [2.24, 2.45) is 0 Å². The molecule has 0 radical (unpaired) electrons. The molecule has 26 heavy (non-hydrogen) atoms. The fourth-order valence-corrected chi connectivity index (χ4v) is 5.04. The molecule has 3 rings (SSSR count). The minimum Gasteiger partial charge on any atom is -0.445 e. The third-order valence-electron chi connectivity index (χ3n) is 5.18. The molecule has 0 saturated carbocycles. The molecule has 0 aromatic heterocycles. The first kappa shape index (κ1) is 18.7. The summed E-state index contributed by atoms with van der Waals surface area (Å²) in [6.07, 6.45) is 3.24. The average Bonchev–Trinajstić information content (AvgIpc) is 2.87. The first-order valence-corrected chi connectivity index (χ1v) is 10.7. The number of piperidine rings is 1. The summed E-state index contributed by atoms with van der Waals surface area (Å²) < 4.78 is 28.7. The number of ether oxygens (including phenoxy) is 1. The molecule has 2 bridgehead atoms. The SMILES string of the molecule is CS(=O)(=O)C1CC2CCC(C1)N2C(=O)CNC(=O)OCc1ccccc1. The summed E-state index contributed by atoms with van der Waals surface area (Å²) in [6, 6.07) is 9.19. The van der Waals surface area contributed by atoms with Crippen LogP contribution in [-0.2, 0) is 26.0 Å². The molecule has 142 valence electrons. The number of amides is 2. The van der Waals surface area contributed by atoms with Crippen LogP contribution < -0.4 is 5.32 Å². The van der Waals surface area contributed by atoms with Crippen molar-refractivity contribution in [3.8, 4) is 0 Å². The number of sulfone groups is 1. The van der Waals surface area contributed by atoms with Gasteiger partial charge in [-0.15, -0.1) is 0 Å². The largest absolute Gasteiger partial charge is 0.445 e. The van der Waals surface area contributed by atoms with E-state index < -0.39 is 15.9 Å². The summed E-state index contributed by atoms with van der Waals surface area (Å²) in [5, 5.41) is 2.12. The maximum absolute atomic E-state index is 12.5. The number of hydrogen-bond donors (Lipinski definition) is 1. The van der Waals surface area contributed by atoms with Gasteiger partial charge in [0, 0.05) is 18.3 Å². The highest BCUT2D eigenvalue weighted by Crippen LogP contribution is 2.37. The van der Waals surface area contributed by atoms with Gasteiger partial charge in [0.1, 0.15) is 23.0 Å². The number of benzene rings is 1. The van der Waals surface area contributed by atoms with Gasteiger partial charge in [-0.1, -0.05) is 30.3 Å². The molecule has 0 spiro atoms. The summed E-state index contributed by atoms with van der Waals surface area (Å²) in [4.78, 5) is 26.0. The Morgan fingerprint density at radius 3 is 2.35 bits per heavy atom. The van der Waals surface area contributed by atoms with Gasteiger partial charge in [-0.05, 0) is 31.2 Å². The van der Waals surface area contributed by atoms with Gasteiger partial charge in [0.25, 0.3) is 0 Å². The molecule has 2 aliphatic heterocycles. The van der Waals surface area contributed by atoms with Gasteiger partial charge >= 0.3 is 6.09 Å². The number of rotatable bonds is 5. The van der Waals surface area contributed by atoms with E-state index in [-0.39, 0.29) is 36.4 Å². The van der Waals surface area contributed by atoms with Gasteiger partial charge in [0.2, 0.25) is 5.91 Å². The molecule has 2 atom stereocenters. The minimum absolute atomic E-state index is 0.0527. The predicted molar refractivity (Wildman–Crippen MR) is 96.2 cm³/mol. The van der Waals surface area contributed by atoms with E-state index in [2.05, 4.69) is 5.32 Å². The van der Waals surface area contributed by atoms with E-state index in [0.717, 1.165) is 18.4 Å². The normalized spacial score (nSPS) is 25.0. The van der Waals surface area contributed by atoms with Crippen molar-refractivity contribution in [1.29, 1.82) is 0 Å². The molecule has 1 aromatic rings. The smallest absolute Gasteiger partial charge is 0.407 e. The van der Waals surface area contributed by atoms with Gasteiger partial charge in [-0.3, -0.25) is 4.79 Å². The number of nitrogens with zero attached hydrogens (tertiary/aromatic N) is 1. The first-order valence-electron chi connectivity index (χ1n) is 8.79. The van der Waals surface area contributed by atoms with Crippen LogP contribution in [0.5, 0.6) is 0 Å². The Morgan fingerprint density at radius 1 is 1.15 bits per heavy atom. The van der Waals surface area contributed by atoms with Crippen LogP contribution in [0.4, 0.5) is 4.79 Å². The number of carbonyl (C=O) groups is 2. The average molecular weight is 380 g/mol. The molecule has 2 unspecified atom stereocenters. The topological polar surface area (TPSA) is 92.8 Å². The van der Waals surface area contributed by atoms with E-state index in [4.69, 9.17) is 4.74 Å². The van der Waals surface area contributed by atoms with Gasteiger partial charge in [0.05, 0.1) is 5.25 Å². The van der Waals surface area contributed by atoms with Crippen molar-refractivity contribution in [1.82, 2.24) is 10.2 Å². The highest BCUT2D eigenvalue weighted by atomic mass is 32.2. The van der Waals surface area contributed by atoms with Crippen molar-refractivity contribution in [2.75, 3.05) is 12.8 Å². The molecule has 2 aliphatic rings. The zero-order valence-corrected chi connectivity index (χ0v) is 15.6. The van der Waals surface area contributed by atoms with Crippen LogP contribution >= 0.6 is 0 Å².